The Bertz CT molecular complexity index is 279. The lowest BCUT2D eigenvalue weighted by molar-refractivity contribution is -0.105. The predicted molar refractivity (Wildman–Crippen MR) is 50.2 cm³/mol. The third-order valence-electron chi connectivity index (χ3n) is 2.00. The largest absolute Gasteiger partial charge is 0.298 e. The molecule has 0 aliphatic carbocycles. The van der Waals surface area contributed by atoms with Crippen molar-refractivity contribution in [3.8, 4) is 0 Å². The van der Waals surface area contributed by atoms with E-state index in [-0.39, 0.29) is 17.3 Å². The normalized spacial score (nSPS) is 22.8. The lowest BCUT2D eigenvalue weighted by Gasteiger charge is -2.10. The van der Waals surface area contributed by atoms with Gasteiger partial charge in [0.05, 0.1) is 0 Å². The number of aldehydes is 1. The van der Waals surface area contributed by atoms with Crippen LogP contribution in [0.2, 0.25) is 0 Å². The molecule has 3 heteroatoms. The van der Waals surface area contributed by atoms with Crippen LogP contribution in [0.15, 0.2) is 28.7 Å². The Hall–Kier alpha value is -1.25. The number of halogens is 1. The summed E-state index contributed by atoms with van der Waals surface area (Å²) in [5, 5.41) is 0. The van der Waals surface area contributed by atoms with Crippen molar-refractivity contribution in [3.05, 3.63) is 23.7 Å². The average molecular weight is 181 g/mol. The van der Waals surface area contributed by atoms with E-state index in [0.717, 1.165) is 6.42 Å². The fraction of sp³-hybridized carbons (Fsp3) is 0.400. The van der Waals surface area contributed by atoms with E-state index in [9.17, 15) is 9.18 Å². The van der Waals surface area contributed by atoms with E-state index < -0.39 is 0 Å². The maximum atomic E-state index is 13.2. The number of carbonyl (C=O) groups excluding carboxylic acids is 1. The van der Waals surface area contributed by atoms with Gasteiger partial charge in [-0.1, -0.05) is 6.08 Å². The molecule has 0 spiro atoms. The van der Waals surface area contributed by atoms with Crippen LogP contribution >= 0.6 is 0 Å². The van der Waals surface area contributed by atoms with Crippen molar-refractivity contribution < 1.29 is 9.18 Å². The fourth-order valence-electron chi connectivity index (χ4n) is 1.11. The van der Waals surface area contributed by atoms with Crippen molar-refractivity contribution in [2.75, 3.05) is 0 Å². The van der Waals surface area contributed by atoms with Gasteiger partial charge in [0, 0.05) is 24.4 Å². The van der Waals surface area contributed by atoms with Crippen LogP contribution in [-0.4, -0.2) is 12.5 Å². The maximum absolute atomic E-state index is 13.2. The fourth-order valence-corrected chi connectivity index (χ4v) is 1.11. The number of allylic oxidation sites excluding steroid dienone is 3. The minimum absolute atomic E-state index is 0.146. The van der Waals surface area contributed by atoms with Gasteiger partial charge in [-0.25, -0.2) is 4.39 Å². The zero-order valence-electron chi connectivity index (χ0n) is 7.53. The van der Waals surface area contributed by atoms with Crippen LogP contribution in [0.5, 0.6) is 0 Å². The molecule has 1 aliphatic rings. The topological polar surface area (TPSA) is 29.4 Å². The predicted octanol–water partition coefficient (Wildman–Crippen LogP) is 2.42. The molecule has 13 heavy (non-hydrogen) atoms. The number of rotatable bonds is 3. The zero-order chi connectivity index (χ0) is 9.68. The Morgan fingerprint density at radius 2 is 2.54 bits per heavy atom. The van der Waals surface area contributed by atoms with Crippen LogP contribution in [0.1, 0.15) is 19.8 Å². The molecule has 0 aromatic rings. The van der Waals surface area contributed by atoms with Gasteiger partial charge in [0.1, 0.15) is 12.1 Å². The van der Waals surface area contributed by atoms with Gasteiger partial charge in [-0.2, -0.15) is 0 Å². The van der Waals surface area contributed by atoms with Gasteiger partial charge in [0.15, 0.2) is 0 Å². The van der Waals surface area contributed by atoms with E-state index >= 15 is 0 Å². The second kappa shape index (κ2) is 4.70. The Morgan fingerprint density at radius 3 is 3.08 bits per heavy atom. The zero-order valence-corrected chi connectivity index (χ0v) is 7.53. The molecule has 0 N–H and O–H groups in total. The molecule has 0 fully saturated rings. The highest BCUT2D eigenvalue weighted by Crippen LogP contribution is 2.20. The first-order valence-electron chi connectivity index (χ1n) is 4.22. The first-order valence-corrected chi connectivity index (χ1v) is 4.22. The number of hydrogen-bond acceptors (Lipinski definition) is 2. The standard InChI is InChI=1S/C10H12FNO/c1-8(7-13)10(11)6-9-2-4-12-5-3-9/h2,4-5,7,9H,3,6H2,1H3/b10-8-. The Kier molecular flexibility index (Phi) is 3.55. The molecule has 0 radical (unpaired) electrons. The maximum Gasteiger partial charge on any atom is 0.148 e. The Labute approximate surface area is 76.9 Å². The summed E-state index contributed by atoms with van der Waals surface area (Å²) in [7, 11) is 0. The van der Waals surface area contributed by atoms with Crippen LogP contribution < -0.4 is 0 Å². The average Bonchev–Trinajstić information content (AvgIpc) is 2.18. The Morgan fingerprint density at radius 1 is 1.77 bits per heavy atom. The summed E-state index contributed by atoms with van der Waals surface area (Å²) in [5.41, 5.74) is 0.191. The van der Waals surface area contributed by atoms with Gasteiger partial charge in [-0.3, -0.25) is 9.79 Å². The van der Waals surface area contributed by atoms with Gasteiger partial charge in [0.2, 0.25) is 0 Å². The summed E-state index contributed by atoms with van der Waals surface area (Å²) in [5.74, 6) is -0.174. The summed E-state index contributed by atoms with van der Waals surface area (Å²) in [4.78, 5) is 14.1. The number of aliphatic imine (C=N–C) groups is 1. The number of carbonyl (C=O) groups is 1. The monoisotopic (exact) mass is 181 g/mol. The molecule has 0 saturated heterocycles. The molecule has 2 nitrogen and oxygen atoms in total. The smallest absolute Gasteiger partial charge is 0.148 e. The van der Waals surface area contributed by atoms with E-state index in [0.29, 0.717) is 12.7 Å². The molecule has 0 aromatic carbocycles. The minimum atomic E-state index is -0.319. The van der Waals surface area contributed by atoms with E-state index in [4.69, 9.17) is 0 Å². The van der Waals surface area contributed by atoms with E-state index in [1.807, 2.05) is 6.08 Å². The van der Waals surface area contributed by atoms with Gasteiger partial charge in [-0.15, -0.1) is 0 Å². The molecule has 1 unspecified atom stereocenters. The van der Waals surface area contributed by atoms with E-state index in [1.165, 1.54) is 6.92 Å². The molecule has 0 saturated carbocycles. The van der Waals surface area contributed by atoms with Crippen molar-refractivity contribution in [1.82, 2.24) is 0 Å². The highest BCUT2D eigenvalue weighted by atomic mass is 19.1. The van der Waals surface area contributed by atoms with Gasteiger partial charge < -0.3 is 0 Å². The minimum Gasteiger partial charge on any atom is -0.298 e. The van der Waals surface area contributed by atoms with Crippen LogP contribution in [-0.2, 0) is 4.79 Å². The molecule has 0 aromatic heterocycles. The van der Waals surface area contributed by atoms with Crippen molar-refractivity contribution >= 4 is 12.5 Å². The molecule has 1 rings (SSSR count). The first kappa shape index (κ1) is 9.84. The lowest BCUT2D eigenvalue weighted by atomic mass is 9.99. The second-order valence-electron chi connectivity index (χ2n) is 3.08. The van der Waals surface area contributed by atoms with Crippen molar-refractivity contribution in [1.29, 1.82) is 0 Å². The van der Waals surface area contributed by atoms with Crippen molar-refractivity contribution in [2.45, 2.75) is 19.8 Å². The molecule has 70 valence electrons. The molecular formula is C10H12FNO. The molecule has 0 amide bonds. The van der Waals surface area contributed by atoms with Crippen LogP contribution in [0.4, 0.5) is 4.39 Å². The van der Waals surface area contributed by atoms with E-state index in [1.54, 1.807) is 12.4 Å². The molecule has 1 heterocycles. The van der Waals surface area contributed by atoms with Gasteiger partial charge in [0.25, 0.3) is 0 Å². The lowest BCUT2D eigenvalue weighted by Crippen LogP contribution is -2.01. The summed E-state index contributed by atoms with van der Waals surface area (Å²) >= 11 is 0. The molecule has 1 atom stereocenters. The van der Waals surface area contributed by atoms with Gasteiger partial charge in [-0.05, 0) is 19.3 Å². The summed E-state index contributed by atoms with van der Waals surface area (Å²) in [6.07, 6.45) is 6.88. The van der Waals surface area contributed by atoms with Crippen molar-refractivity contribution in [2.24, 2.45) is 10.9 Å². The number of hydrogen-bond donors (Lipinski definition) is 0. The summed E-state index contributed by atoms with van der Waals surface area (Å²) < 4.78 is 13.2. The van der Waals surface area contributed by atoms with Crippen molar-refractivity contribution in [3.63, 3.8) is 0 Å². The van der Waals surface area contributed by atoms with Gasteiger partial charge >= 0.3 is 0 Å². The SMILES string of the molecule is C/C(C=O)=C(/F)CC1C=CN=CC1. The quantitative estimate of drug-likeness (QED) is 0.485. The molecular weight excluding hydrogens is 169 g/mol. The third kappa shape index (κ3) is 2.93. The first-order chi connectivity index (χ1) is 6.24. The summed E-state index contributed by atoms with van der Waals surface area (Å²) in [6.45, 7) is 1.49. The van der Waals surface area contributed by atoms with Crippen LogP contribution in [0.25, 0.3) is 0 Å². The highest BCUT2D eigenvalue weighted by Gasteiger charge is 2.10. The molecule has 1 aliphatic heterocycles. The molecule has 0 bridgehead atoms. The highest BCUT2D eigenvalue weighted by molar-refractivity contribution is 5.73. The third-order valence-corrected chi connectivity index (χ3v) is 2.00. The number of nitrogens with zero attached hydrogens (tertiary/aromatic N) is 1. The van der Waals surface area contributed by atoms with E-state index in [2.05, 4.69) is 4.99 Å². The van der Waals surface area contributed by atoms with Crippen LogP contribution in [0, 0.1) is 5.92 Å². The second-order valence-corrected chi connectivity index (χ2v) is 3.08. The van der Waals surface area contributed by atoms with Crippen LogP contribution in [0.3, 0.4) is 0 Å². The Balaban J connectivity index is 2.54. The summed E-state index contributed by atoms with van der Waals surface area (Å²) in [6, 6.07) is 0.